The number of aromatic nitrogens is 4. The number of fused-ring (bicyclic) bond motifs is 1. The van der Waals surface area contributed by atoms with Crippen LogP contribution in [0, 0.1) is 0 Å². The highest BCUT2D eigenvalue weighted by molar-refractivity contribution is 7.22. The number of anilines is 1. The zero-order valence-electron chi connectivity index (χ0n) is 12.6. The van der Waals surface area contributed by atoms with Gasteiger partial charge in [-0.3, -0.25) is 14.4 Å². The lowest BCUT2D eigenvalue weighted by Gasteiger charge is -2.18. The van der Waals surface area contributed by atoms with Gasteiger partial charge in [-0.15, -0.1) is 0 Å². The summed E-state index contributed by atoms with van der Waals surface area (Å²) in [7, 11) is 0. The fourth-order valence-electron chi connectivity index (χ4n) is 2.35. The third-order valence-corrected chi connectivity index (χ3v) is 4.58. The fraction of sp³-hybridized carbons (Fsp3) is 0.125. The van der Waals surface area contributed by atoms with Crippen molar-refractivity contribution in [2.45, 2.75) is 6.54 Å². The van der Waals surface area contributed by atoms with E-state index in [-0.39, 0.29) is 11.7 Å². The van der Waals surface area contributed by atoms with E-state index >= 15 is 0 Å². The first kappa shape index (κ1) is 14.6. The second kappa shape index (κ2) is 6.25. The molecule has 0 fully saturated rings. The fourth-order valence-corrected chi connectivity index (χ4v) is 3.34. The molecule has 24 heavy (non-hydrogen) atoms. The summed E-state index contributed by atoms with van der Waals surface area (Å²) in [6, 6.07) is 11.2. The van der Waals surface area contributed by atoms with Gasteiger partial charge in [0.25, 0.3) is 5.91 Å². The Hall–Kier alpha value is -3.00. The predicted molar refractivity (Wildman–Crippen MR) is 90.0 cm³/mol. The van der Waals surface area contributed by atoms with E-state index in [1.807, 2.05) is 36.5 Å². The van der Waals surface area contributed by atoms with Gasteiger partial charge in [0.15, 0.2) is 5.13 Å². The summed E-state index contributed by atoms with van der Waals surface area (Å²) < 4.78 is 7.82. The smallest absolute Gasteiger partial charge is 0.298 e. The molecule has 120 valence electrons. The van der Waals surface area contributed by atoms with Crippen LogP contribution in [-0.4, -0.2) is 32.4 Å². The molecule has 1 aromatic carbocycles. The molecular weight excluding hydrogens is 326 g/mol. The first-order valence-electron chi connectivity index (χ1n) is 7.37. The number of carbonyl (C=O) groups is 1. The molecule has 0 N–H and O–H groups in total. The molecule has 0 aliphatic rings. The Balaban J connectivity index is 1.67. The second-order valence-corrected chi connectivity index (χ2v) is 6.08. The number of para-hydroxylation sites is 1. The summed E-state index contributed by atoms with van der Waals surface area (Å²) in [5, 5.41) is 8.42. The van der Waals surface area contributed by atoms with Crippen LogP contribution < -0.4 is 4.90 Å². The molecule has 0 aliphatic heterocycles. The average Bonchev–Trinajstić information content (AvgIpc) is 3.35. The van der Waals surface area contributed by atoms with Crippen LogP contribution in [0.1, 0.15) is 10.6 Å². The summed E-state index contributed by atoms with van der Waals surface area (Å²) in [6.45, 7) is 0.990. The lowest BCUT2D eigenvalue weighted by atomic mass is 10.3. The first-order chi connectivity index (χ1) is 11.8. The van der Waals surface area contributed by atoms with Crippen LogP contribution in [0.3, 0.4) is 0 Å². The van der Waals surface area contributed by atoms with Crippen LogP contribution in [0.4, 0.5) is 5.13 Å². The number of hydrogen-bond donors (Lipinski definition) is 0. The molecule has 0 unspecified atom stereocenters. The van der Waals surface area contributed by atoms with Crippen molar-refractivity contribution in [1.29, 1.82) is 0 Å². The minimum absolute atomic E-state index is 0.190. The summed E-state index contributed by atoms with van der Waals surface area (Å²) in [6.07, 6.45) is 5.02. The minimum atomic E-state index is -0.265. The highest BCUT2D eigenvalue weighted by Gasteiger charge is 2.23. The number of carbonyl (C=O) groups excluding carboxylic acids is 1. The molecule has 0 atom stereocenters. The Morgan fingerprint density at radius 2 is 2.12 bits per heavy atom. The van der Waals surface area contributed by atoms with Gasteiger partial charge in [-0.1, -0.05) is 28.6 Å². The summed E-state index contributed by atoms with van der Waals surface area (Å²) in [5.41, 5.74) is 0.868. The molecule has 0 radical (unpaired) electrons. The molecule has 4 aromatic rings. The maximum atomic E-state index is 12.8. The molecule has 0 bridgehead atoms. The van der Waals surface area contributed by atoms with Crippen molar-refractivity contribution in [3.63, 3.8) is 0 Å². The zero-order chi connectivity index (χ0) is 16.4. The van der Waals surface area contributed by atoms with Crippen LogP contribution in [-0.2, 0) is 6.54 Å². The Kier molecular flexibility index (Phi) is 3.80. The molecular formula is C16H13N5O2S. The molecule has 0 saturated carbocycles. The van der Waals surface area contributed by atoms with E-state index in [1.54, 1.807) is 21.8 Å². The van der Waals surface area contributed by atoms with Gasteiger partial charge in [-0.05, 0) is 18.2 Å². The van der Waals surface area contributed by atoms with Crippen molar-refractivity contribution in [1.82, 2.24) is 19.9 Å². The van der Waals surface area contributed by atoms with Gasteiger partial charge in [-0.2, -0.15) is 5.10 Å². The Morgan fingerprint density at radius 3 is 2.88 bits per heavy atom. The van der Waals surface area contributed by atoms with Gasteiger partial charge in [0.05, 0.1) is 23.0 Å². The van der Waals surface area contributed by atoms with Crippen LogP contribution in [0.25, 0.3) is 10.2 Å². The molecule has 3 aromatic heterocycles. The molecule has 4 rings (SSSR count). The van der Waals surface area contributed by atoms with E-state index in [4.69, 9.17) is 4.52 Å². The predicted octanol–water partition coefficient (Wildman–Crippen LogP) is 2.83. The van der Waals surface area contributed by atoms with Gasteiger partial charge in [0.1, 0.15) is 0 Å². The van der Waals surface area contributed by atoms with Crippen molar-refractivity contribution in [3.05, 3.63) is 60.7 Å². The largest absolute Gasteiger partial charge is 0.351 e. The van der Waals surface area contributed by atoms with E-state index in [0.29, 0.717) is 18.2 Å². The molecule has 7 nitrogen and oxygen atoms in total. The number of hydrogen-bond acceptors (Lipinski definition) is 6. The average molecular weight is 339 g/mol. The number of rotatable bonds is 5. The van der Waals surface area contributed by atoms with Crippen LogP contribution in [0.2, 0.25) is 0 Å². The van der Waals surface area contributed by atoms with E-state index in [2.05, 4.69) is 15.2 Å². The SMILES string of the molecule is O=C(c1ccno1)N(CCn1cccn1)c1nc2ccccc2s1. The third kappa shape index (κ3) is 2.79. The second-order valence-electron chi connectivity index (χ2n) is 5.07. The van der Waals surface area contributed by atoms with Crippen LogP contribution in [0.5, 0.6) is 0 Å². The van der Waals surface area contributed by atoms with E-state index in [9.17, 15) is 4.79 Å². The van der Waals surface area contributed by atoms with Crippen molar-refractivity contribution in [2.75, 3.05) is 11.4 Å². The maximum Gasteiger partial charge on any atom is 0.298 e. The highest BCUT2D eigenvalue weighted by Crippen LogP contribution is 2.29. The minimum Gasteiger partial charge on any atom is -0.351 e. The monoisotopic (exact) mass is 339 g/mol. The third-order valence-electron chi connectivity index (χ3n) is 3.52. The highest BCUT2D eigenvalue weighted by atomic mass is 32.1. The quantitative estimate of drug-likeness (QED) is 0.559. The lowest BCUT2D eigenvalue weighted by Crippen LogP contribution is -2.33. The Labute approximate surface area is 141 Å². The number of thiazole rings is 1. The molecule has 0 aliphatic carbocycles. The van der Waals surface area contributed by atoms with Gasteiger partial charge in [0, 0.05) is 25.0 Å². The van der Waals surface area contributed by atoms with Gasteiger partial charge in [0.2, 0.25) is 5.76 Å². The van der Waals surface area contributed by atoms with Crippen molar-refractivity contribution in [3.8, 4) is 0 Å². The van der Waals surface area contributed by atoms with Gasteiger partial charge in [-0.25, -0.2) is 4.98 Å². The Morgan fingerprint density at radius 1 is 1.21 bits per heavy atom. The van der Waals surface area contributed by atoms with Crippen LogP contribution in [0.15, 0.2) is 59.5 Å². The summed E-state index contributed by atoms with van der Waals surface area (Å²) in [5.74, 6) is -0.0755. The number of nitrogens with zero attached hydrogens (tertiary/aromatic N) is 5. The van der Waals surface area contributed by atoms with E-state index < -0.39 is 0 Å². The Bertz CT molecular complexity index is 913. The maximum absolute atomic E-state index is 12.8. The van der Waals surface area contributed by atoms with Crippen molar-refractivity contribution < 1.29 is 9.32 Å². The molecule has 0 saturated heterocycles. The van der Waals surface area contributed by atoms with Crippen LogP contribution >= 0.6 is 11.3 Å². The van der Waals surface area contributed by atoms with Gasteiger partial charge < -0.3 is 4.52 Å². The van der Waals surface area contributed by atoms with E-state index in [1.165, 1.54) is 17.5 Å². The van der Waals surface area contributed by atoms with Crippen molar-refractivity contribution >= 4 is 32.6 Å². The molecule has 1 amide bonds. The molecule has 3 heterocycles. The van der Waals surface area contributed by atoms with Gasteiger partial charge >= 0.3 is 0 Å². The molecule has 0 spiro atoms. The molecule has 8 heteroatoms. The standard InChI is InChI=1S/C16H13N5O2S/c22-15(13-6-8-18-23-13)21(11-10-20-9-3-7-17-20)16-19-12-4-1-2-5-14(12)24-16/h1-9H,10-11H2. The normalized spacial score (nSPS) is 11.0. The summed E-state index contributed by atoms with van der Waals surface area (Å²) >= 11 is 1.47. The zero-order valence-corrected chi connectivity index (χ0v) is 13.4. The van der Waals surface area contributed by atoms with Crippen molar-refractivity contribution in [2.24, 2.45) is 0 Å². The first-order valence-corrected chi connectivity index (χ1v) is 8.18. The number of amides is 1. The topological polar surface area (TPSA) is 77.0 Å². The van der Waals surface area contributed by atoms with E-state index in [0.717, 1.165) is 10.2 Å². The lowest BCUT2D eigenvalue weighted by molar-refractivity contribution is 0.0950. The number of benzene rings is 1. The summed E-state index contributed by atoms with van der Waals surface area (Å²) in [4.78, 5) is 19.0.